The van der Waals surface area contributed by atoms with Gasteiger partial charge in [0.05, 0.1) is 18.3 Å². The lowest BCUT2D eigenvalue weighted by molar-refractivity contribution is -0.207. The first-order valence-electron chi connectivity index (χ1n) is 13.4. The molecule has 166 valence electrons. The second-order valence-electron chi connectivity index (χ2n) is 10.7. The molecule has 5 nitrogen and oxygen atoms in total. The number of carboxylic acid groups (broad SMARTS) is 1. The van der Waals surface area contributed by atoms with Crippen LogP contribution in [-0.2, 0) is 4.79 Å². The van der Waals surface area contributed by atoms with Crippen LogP contribution in [0.25, 0.3) is 0 Å². The maximum absolute atomic E-state index is 11.5. The highest BCUT2D eigenvalue weighted by Gasteiger charge is 2.65. The predicted molar refractivity (Wildman–Crippen MR) is 110 cm³/mol. The number of aliphatic hydroxyl groups excluding tert-OH is 3. The highest BCUT2D eigenvalue weighted by Crippen LogP contribution is 2.68. The van der Waals surface area contributed by atoms with Gasteiger partial charge in [-0.1, -0.05) is 20.8 Å². The van der Waals surface area contributed by atoms with E-state index in [1.807, 2.05) is 0 Å². The number of aliphatic carboxylic acids is 1. The van der Waals surface area contributed by atoms with Crippen LogP contribution in [0, 0.1) is 46.3 Å². The first-order chi connectivity index (χ1) is 15.1. The van der Waals surface area contributed by atoms with Crippen molar-refractivity contribution in [3.05, 3.63) is 0 Å². The Morgan fingerprint density at radius 3 is 2.45 bits per heavy atom. The summed E-state index contributed by atoms with van der Waals surface area (Å²) in [5.41, 5.74) is -1.47. The monoisotopic (exact) mass is 412 g/mol. The van der Waals surface area contributed by atoms with E-state index in [1.165, 1.54) is 0 Å². The number of fused-ring (bicyclic) bond motifs is 5. The van der Waals surface area contributed by atoms with E-state index in [0.717, 1.165) is 19.3 Å². The van der Waals surface area contributed by atoms with E-state index in [0.29, 0.717) is 19.3 Å². The Kier molecular flexibility index (Phi) is 4.38. The van der Waals surface area contributed by atoms with Crippen molar-refractivity contribution in [3.63, 3.8) is 0 Å². The van der Waals surface area contributed by atoms with Crippen molar-refractivity contribution in [1.29, 1.82) is 0 Å². The molecule has 0 saturated heterocycles. The van der Waals surface area contributed by atoms with Crippen molar-refractivity contribution in [2.24, 2.45) is 46.3 Å². The van der Waals surface area contributed by atoms with Crippen LogP contribution >= 0.6 is 0 Å². The van der Waals surface area contributed by atoms with Crippen LogP contribution in [0.5, 0.6) is 0 Å². The third-order valence-electron chi connectivity index (χ3n) is 9.72. The Morgan fingerprint density at radius 1 is 1.03 bits per heavy atom. The van der Waals surface area contributed by atoms with Crippen molar-refractivity contribution in [3.8, 4) is 0 Å². The van der Waals surface area contributed by atoms with Gasteiger partial charge < -0.3 is 20.4 Å². The molecule has 0 amide bonds. The van der Waals surface area contributed by atoms with Gasteiger partial charge in [0.2, 0.25) is 0 Å². The van der Waals surface area contributed by atoms with Crippen molar-refractivity contribution >= 4 is 5.97 Å². The maximum atomic E-state index is 11.5. The van der Waals surface area contributed by atoms with E-state index in [4.69, 9.17) is 10.6 Å². The molecule has 0 heterocycles. The van der Waals surface area contributed by atoms with E-state index < -0.39 is 48.4 Å². The predicted octanol–water partition coefficient (Wildman–Crippen LogP) is 3.45. The molecular formula is C24H40O5. The minimum absolute atomic E-state index is 0.110. The lowest BCUT2D eigenvalue weighted by Crippen LogP contribution is -2.62. The number of hydrogen-bond acceptors (Lipinski definition) is 4. The van der Waals surface area contributed by atoms with Crippen LogP contribution in [0.1, 0.15) is 83.9 Å². The number of carboxylic acids is 1. The van der Waals surface area contributed by atoms with Crippen molar-refractivity contribution in [1.82, 2.24) is 0 Å². The molecule has 2 unspecified atom stereocenters. The molecule has 0 bridgehead atoms. The van der Waals surface area contributed by atoms with Gasteiger partial charge in [0.25, 0.3) is 0 Å². The molecule has 4 aliphatic rings. The minimum atomic E-state index is -2.48. The highest BCUT2D eigenvalue weighted by molar-refractivity contribution is 5.66. The fourth-order valence-electron chi connectivity index (χ4n) is 8.10. The lowest BCUT2D eigenvalue weighted by Gasteiger charge is -2.63. The quantitative estimate of drug-likeness (QED) is 0.567. The second-order valence-corrected chi connectivity index (χ2v) is 10.7. The molecule has 4 N–H and O–H groups in total. The van der Waals surface area contributed by atoms with Gasteiger partial charge >= 0.3 is 5.97 Å². The summed E-state index contributed by atoms with van der Waals surface area (Å²) >= 11 is 0. The van der Waals surface area contributed by atoms with E-state index >= 15 is 0 Å². The number of aliphatic hydroxyl groups is 3. The Balaban J connectivity index is 1.68. The summed E-state index contributed by atoms with van der Waals surface area (Å²) in [5.74, 6) is -1.10. The van der Waals surface area contributed by atoms with Gasteiger partial charge in [-0.2, -0.15) is 0 Å². The van der Waals surface area contributed by atoms with Gasteiger partial charge in [-0.25, -0.2) is 0 Å². The minimum Gasteiger partial charge on any atom is -0.481 e. The molecule has 0 aromatic rings. The van der Waals surface area contributed by atoms with Crippen LogP contribution < -0.4 is 0 Å². The smallest absolute Gasteiger partial charge is 0.303 e. The van der Waals surface area contributed by atoms with Gasteiger partial charge in [0, 0.05) is 11.9 Å². The largest absolute Gasteiger partial charge is 0.481 e. The van der Waals surface area contributed by atoms with Gasteiger partial charge in [-0.15, -0.1) is 0 Å². The second kappa shape index (κ2) is 7.49. The summed E-state index contributed by atoms with van der Waals surface area (Å²) in [7, 11) is 0. The molecule has 0 aromatic carbocycles. The summed E-state index contributed by atoms with van der Waals surface area (Å²) in [6.07, 6.45) is -4.71. The molecular weight excluding hydrogens is 368 g/mol. The zero-order valence-electron chi connectivity index (χ0n) is 21.8. The average Bonchev–Trinajstić information content (AvgIpc) is 3.09. The average molecular weight is 413 g/mol. The molecule has 29 heavy (non-hydrogen) atoms. The highest BCUT2D eigenvalue weighted by atomic mass is 16.4. The first kappa shape index (κ1) is 17.0. The van der Waals surface area contributed by atoms with Gasteiger partial charge in [0.15, 0.2) is 0 Å². The van der Waals surface area contributed by atoms with Crippen molar-refractivity contribution < 1.29 is 30.7 Å². The molecule has 4 rings (SSSR count). The zero-order valence-corrected chi connectivity index (χ0v) is 17.8. The van der Waals surface area contributed by atoms with E-state index in [-0.39, 0.29) is 41.4 Å². The summed E-state index contributed by atoms with van der Waals surface area (Å²) in [6, 6.07) is 0. The fraction of sp³-hybridized carbons (Fsp3) is 0.958. The topological polar surface area (TPSA) is 98.0 Å². The van der Waals surface area contributed by atoms with Crippen molar-refractivity contribution in [2.75, 3.05) is 0 Å². The normalized spacial score (nSPS) is 58.4. The summed E-state index contributed by atoms with van der Waals surface area (Å²) in [4.78, 5) is 11.1. The summed E-state index contributed by atoms with van der Waals surface area (Å²) < 4.78 is 33.9. The Morgan fingerprint density at radius 2 is 1.76 bits per heavy atom. The zero-order chi connectivity index (χ0) is 24.7. The number of carbonyl (C=O) groups is 1. The Hall–Kier alpha value is -0.650. The Bertz CT molecular complexity index is 793. The van der Waals surface area contributed by atoms with Crippen LogP contribution in [0.4, 0.5) is 0 Å². The molecule has 4 saturated carbocycles. The third kappa shape index (κ3) is 3.18. The summed E-state index contributed by atoms with van der Waals surface area (Å²) in [5, 5.41) is 42.4. The fourth-order valence-corrected chi connectivity index (χ4v) is 8.10. The van der Waals surface area contributed by atoms with Gasteiger partial charge in [-0.3, -0.25) is 4.79 Å². The Labute approximate surface area is 180 Å². The van der Waals surface area contributed by atoms with Crippen LogP contribution in [0.2, 0.25) is 0 Å². The van der Waals surface area contributed by atoms with Crippen molar-refractivity contribution in [2.45, 2.75) is 96.8 Å². The van der Waals surface area contributed by atoms with Crippen LogP contribution in [0.3, 0.4) is 0 Å². The number of hydrogen-bond donors (Lipinski definition) is 4. The first-order valence-corrected chi connectivity index (χ1v) is 11.4. The number of rotatable bonds is 4. The molecule has 0 radical (unpaired) electrons. The molecule has 0 aromatic heterocycles. The van der Waals surface area contributed by atoms with E-state index in [2.05, 4.69) is 13.8 Å². The maximum Gasteiger partial charge on any atom is 0.303 e. The third-order valence-corrected chi connectivity index (χ3v) is 9.72. The molecule has 4 aliphatic carbocycles. The summed E-state index contributed by atoms with van der Waals surface area (Å²) in [6.45, 7) is 5.98. The van der Waals surface area contributed by atoms with E-state index in [9.17, 15) is 20.1 Å². The van der Waals surface area contributed by atoms with E-state index in [1.54, 1.807) is 6.92 Å². The van der Waals surface area contributed by atoms with Gasteiger partial charge in [0.1, 0.15) is 0 Å². The molecule has 5 heteroatoms. The lowest BCUT2D eigenvalue weighted by atomic mass is 9.43. The molecule has 4 fully saturated rings. The van der Waals surface area contributed by atoms with Crippen LogP contribution in [0.15, 0.2) is 0 Å². The molecule has 11 atom stereocenters. The standard InChI is InChI=1S/C24H40O5/c1-13(4-9-22(28)29)17-7-8-18-16-6-5-14-10-15(25)11-20(26)23(14,2)19(16)12-21(27)24(17,18)3/h13-21,25-27H,4-12H2,1-3H3,(H,28,29)/t13?,14-,15+,16+,17+,18?,19+,20-,21-,23+,24-/m1/s1/i10D2,11D2. The molecule has 0 spiro atoms. The molecule has 0 aliphatic heterocycles. The van der Waals surface area contributed by atoms with Gasteiger partial charge in [-0.05, 0) is 97.6 Å². The SMILES string of the molecule is [2H]C1([2H])[C@@H](O)C([2H])([2H])[C@H]2CC[C@H]3C4CC[C@@H](C(C)CCC(=O)O)[C@@]4(C)[C@H](O)C[C@@H]3[C@@]2(C)[C@@H]1O. The van der Waals surface area contributed by atoms with Crippen LogP contribution in [-0.4, -0.2) is 44.7 Å².